The largest absolute Gasteiger partial charge is 0.261 e. The third-order valence-corrected chi connectivity index (χ3v) is 3.31. The summed E-state index contributed by atoms with van der Waals surface area (Å²) >= 11 is 0. The molecule has 0 radical (unpaired) electrons. The van der Waals surface area contributed by atoms with E-state index in [9.17, 15) is 0 Å². The van der Waals surface area contributed by atoms with Gasteiger partial charge in [-0.05, 0) is 49.7 Å². The highest BCUT2D eigenvalue weighted by Crippen LogP contribution is 2.19. The Kier molecular flexibility index (Phi) is 7.86. The number of allylic oxidation sites excluding steroid dienone is 3. The molecule has 0 aromatic heterocycles. The number of rotatable bonds is 6. The summed E-state index contributed by atoms with van der Waals surface area (Å²) in [6, 6.07) is 0. The van der Waals surface area contributed by atoms with E-state index in [1.807, 2.05) is 0 Å². The zero-order valence-corrected chi connectivity index (χ0v) is 12.7. The highest BCUT2D eigenvalue weighted by atomic mass is 14.7. The summed E-state index contributed by atoms with van der Waals surface area (Å²) in [5.74, 6) is 1.18. The summed E-state index contributed by atoms with van der Waals surface area (Å²) in [5.41, 5.74) is 3.86. The molecule has 0 aliphatic carbocycles. The van der Waals surface area contributed by atoms with Crippen molar-refractivity contribution in [3.8, 4) is 0 Å². The summed E-state index contributed by atoms with van der Waals surface area (Å²) in [6.07, 6.45) is 6.50. The van der Waals surface area contributed by atoms with Gasteiger partial charge in [-0.2, -0.15) is 0 Å². The fourth-order valence-electron chi connectivity index (χ4n) is 1.48. The van der Waals surface area contributed by atoms with Gasteiger partial charge >= 0.3 is 0 Å². The lowest BCUT2D eigenvalue weighted by molar-refractivity contribution is 0.540. The molecular weight excluding hydrogens is 206 g/mol. The van der Waals surface area contributed by atoms with Crippen LogP contribution in [0, 0.1) is 11.8 Å². The Labute approximate surface area is 108 Å². The average Bonchev–Trinajstić information content (AvgIpc) is 2.28. The molecule has 17 heavy (non-hydrogen) atoms. The van der Waals surface area contributed by atoms with Crippen molar-refractivity contribution < 1.29 is 0 Å². The van der Waals surface area contributed by atoms with Crippen molar-refractivity contribution >= 4 is 6.21 Å². The molecule has 0 saturated carbocycles. The van der Waals surface area contributed by atoms with Crippen LogP contribution in [0.5, 0.6) is 0 Å². The zero-order valence-electron chi connectivity index (χ0n) is 12.7. The van der Waals surface area contributed by atoms with Crippen LogP contribution in [0.2, 0.25) is 0 Å². The molecule has 0 rings (SSSR count). The first-order valence-corrected chi connectivity index (χ1v) is 6.85. The summed E-state index contributed by atoms with van der Waals surface area (Å²) in [5, 5.41) is 0. The van der Waals surface area contributed by atoms with Gasteiger partial charge in [-0.3, -0.25) is 4.99 Å². The van der Waals surface area contributed by atoms with E-state index in [-0.39, 0.29) is 0 Å². The van der Waals surface area contributed by atoms with E-state index in [4.69, 9.17) is 4.99 Å². The van der Waals surface area contributed by atoms with Gasteiger partial charge < -0.3 is 0 Å². The van der Waals surface area contributed by atoms with Gasteiger partial charge in [0.1, 0.15) is 0 Å². The molecule has 0 N–H and O–H groups in total. The topological polar surface area (TPSA) is 12.4 Å². The Morgan fingerprint density at radius 2 is 1.71 bits per heavy atom. The van der Waals surface area contributed by atoms with Crippen LogP contribution in [0.4, 0.5) is 0 Å². The quantitative estimate of drug-likeness (QED) is 0.432. The van der Waals surface area contributed by atoms with Crippen molar-refractivity contribution in [1.82, 2.24) is 0 Å². The van der Waals surface area contributed by atoms with Crippen LogP contribution in [0.15, 0.2) is 27.9 Å². The Balaban J connectivity index is 5.06. The first-order valence-electron chi connectivity index (χ1n) is 6.85. The smallest absolute Gasteiger partial charge is 0.0640 e. The highest BCUT2D eigenvalue weighted by Gasteiger charge is 2.05. The minimum atomic E-state index is 0.532. The van der Waals surface area contributed by atoms with Crippen molar-refractivity contribution in [2.45, 2.75) is 61.3 Å². The molecule has 0 aliphatic heterocycles. The van der Waals surface area contributed by atoms with Gasteiger partial charge in [0, 0.05) is 6.21 Å². The van der Waals surface area contributed by atoms with Gasteiger partial charge in [-0.15, -0.1) is 0 Å². The lowest BCUT2D eigenvalue weighted by Crippen LogP contribution is -2.05. The van der Waals surface area contributed by atoms with Crippen LogP contribution in [-0.2, 0) is 0 Å². The summed E-state index contributed by atoms with van der Waals surface area (Å²) < 4.78 is 0. The number of aliphatic imine (C=N–C) groups is 1. The van der Waals surface area contributed by atoms with Gasteiger partial charge in [0.25, 0.3) is 0 Å². The lowest BCUT2D eigenvalue weighted by Gasteiger charge is -2.11. The average molecular weight is 235 g/mol. The number of hydrogen-bond donors (Lipinski definition) is 0. The summed E-state index contributed by atoms with van der Waals surface area (Å²) in [4.78, 5) is 4.72. The van der Waals surface area contributed by atoms with E-state index in [1.165, 1.54) is 16.8 Å². The fraction of sp³-hybridized carbons (Fsp3) is 0.688. The molecule has 0 amide bonds. The maximum absolute atomic E-state index is 4.72. The highest BCUT2D eigenvalue weighted by molar-refractivity contribution is 5.63. The van der Waals surface area contributed by atoms with Gasteiger partial charge in [0.05, 0.1) is 5.70 Å². The Bertz CT molecular complexity index is 305. The van der Waals surface area contributed by atoms with Crippen molar-refractivity contribution in [3.05, 3.63) is 22.9 Å². The lowest BCUT2D eigenvalue weighted by atomic mass is 9.99. The van der Waals surface area contributed by atoms with Crippen LogP contribution >= 0.6 is 0 Å². The Hall–Kier alpha value is -0.850. The van der Waals surface area contributed by atoms with E-state index in [0.29, 0.717) is 11.8 Å². The first-order chi connectivity index (χ1) is 7.93. The Morgan fingerprint density at radius 3 is 2.12 bits per heavy atom. The normalized spacial score (nSPS) is 16.6. The molecule has 0 spiro atoms. The molecule has 1 atom stereocenters. The third-order valence-electron chi connectivity index (χ3n) is 3.31. The summed E-state index contributed by atoms with van der Waals surface area (Å²) in [7, 11) is 0. The van der Waals surface area contributed by atoms with Crippen LogP contribution in [0.25, 0.3) is 0 Å². The maximum atomic E-state index is 4.72. The molecule has 0 aliphatic rings. The second kappa shape index (κ2) is 8.27. The van der Waals surface area contributed by atoms with Gasteiger partial charge in [-0.1, -0.05) is 40.7 Å². The SMILES string of the molecule is CC/C=C(/C)C(/N=C\C(C)C(C)C)=C(C)CC. The minimum absolute atomic E-state index is 0.532. The van der Waals surface area contributed by atoms with E-state index in [2.05, 4.69) is 60.8 Å². The molecular formula is C16H29N. The fourth-order valence-corrected chi connectivity index (χ4v) is 1.48. The van der Waals surface area contributed by atoms with Crippen LogP contribution in [0.3, 0.4) is 0 Å². The predicted molar refractivity (Wildman–Crippen MR) is 79.5 cm³/mol. The van der Waals surface area contributed by atoms with E-state index < -0.39 is 0 Å². The minimum Gasteiger partial charge on any atom is -0.261 e. The molecule has 98 valence electrons. The first kappa shape index (κ1) is 16.1. The van der Waals surface area contributed by atoms with Gasteiger partial charge in [-0.25, -0.2) is 0 Å². The van der Waals surface area contributed by atoms with Crippen molar-refractivity contribution in [2.24, 2.45) is 16.8 Å². The zero-order chi connectivity index (χ0) is 13.4. The third kappa shape index (κ3) is 5.86. The van der Waals surface area contributed by atoms with E-state index in [0.717, 1.165) is 12.8 Å². The van der Waals surface area contributed by atoms with E-state index >= 15 is 0 Å². The molecule has 1 heteroatoms. The maximum Gasteiger partial charge on any atom is 0.0640 e. The van der Waals surface area contributed by atoms with Gasteiger partial charge in [0.2, 0.25) is 0 Å². The van der Waals surface area contributed by atoms with Crippen molar-refractivity contribution in [1.29, 1.82) is 0 Å². The molecule has 1 unspecified atom stereocenters. The number of nitrogens with zero attached hydrogens (tertiary/aromatic N) is 1. The van der Waals surface area contributed by atoms with Crippen molar-refractivity contribution in [2.75, 3.05) is 0 Å². The second-order valence-corrected chi connectivity index (χ2v) is 5.16. The molecule has 0 aromatic carbocycles. The summed E-state index contributed by atoms with van der Waals surface area (Å²) in [6.45, 7) is 15.4. The molecule has 0 saturated heterocycles. The second-order valence-electron chi connectivity index (χ2n) is 5.16. The number of hydrogen-bond acceptors (Lipinski definition) is 1. The molecule has 0 aromatic rings. The van der Waals surface area contributed by atoms with E-state index in [1.54, 1.807) is 0 Å². The van der Waals surface area contributed by atoms with Crippen LogP contribution in [0.1, 0.15) is 61.3 Å². The standard InChI is InChI=1S/C16H29N/c1-8-10-14(6)16(13(5)9-2)17-11-15(7)12(3)4/h10-12,15H,8-9H2,1-7H3/b14-10-,16-13?,17-11-. The van der Waals surface area contributed by atoms with Gasteiger partial charge in [0.15, 0.2) is 0 Å². The monoisotopic (exact) mass is 235 g/mol. The molecule has 0 fully saturated rings. The van der Waals surface area contributed by atoms with Crippen LogP contribution < -0.4 is 0 Å². The van der Waals surface area contributed by atoms with Crippen LogP contribution in [-0.4, -0.2) is 6.21 Å². The molecule has 1 nitrogen and oxygen atoms in total. The molecule has 0 heterocycles. The Morgan fingerprint density at radius 1 is 1.12 bits per heavy atom. The molecule has 0 bridgehead atoms. The predicted octanol–water partition coefficient (Wildman–Crippen LogP) is 5.39. The van der Waals surface area contributed by atoms with Crippen molar-refractivity contribution in [3.63, 3.8) is 0 Å².